The lowest BCUT2D eigenvalue weighted by molar-refractivity contribution is 0.0676. The van der Waals surface area contributed by atoms with E-state index in [9.17, 15) is 4.79 Å². The maximum Gasteiger partial charge on any atom is 0.265 e. The van der Waals surface area contributed by atoms with Crippen molar-refractivity contribution in [3.05, 3.63) is 33.9 Å². The predicted molar refractivity (Wildman–Crippen MR) is 85.6 cm³/mol. The van der Waals surface area contributed by atoms with Gasteiger partial charge >= 0.3 is 0 Å². The Bertz CT molecular complexity index is 654. The zero-order valence-corrected chi connectivity index (χ0v) is 13.3. The highest BCUT2D eigenvalue weighted by Crippen LogP contribution is 2.23. The van der Waals surface area contributed by atoms with Crippen LogP contribution in [0.4, 0.5) is 5.82 Å². The molecule has 6 nitrogen and oxygen atoms in total. The van der Waals surface area contributed by atoms with Crippen molar-refractivity contribution in [2.45, 2.75) is 26.2 Å². The van der Waals surface area contributed by atoms with E-state index in [1.807, 2.05) is 17.9 Å². The fraction of sp³-hybridized carbons (Fsp3) is 0.467. The molecule has 2 N–H and O–H groups in total. The van der Waals surface area contributed by atoms with Crippen molar-refractivity contribution in [3.8, 4) is 0 Å². The number of likely N-dealkylation sites (tertiary alicyclic amines) is 1. The minimum absolute atomic E-state index is 0.105. The number of nitrogens with two attached hydrogens (primary N) is 1. The zero-order chi connectivity index (χ0) is 15.5. The molecule has 3 rings (SSSR count). The third-order valence-corrected chi connectivity index (χ3v) is 4.90. The van der Waals surface area contributed by atoms with Gasteiger partial charge in [-0.2, -0.15) is 5.10 Å². The van der Waals surface area contributed by atoms with Crippen molar-refractivity contribution < 1.29 is 4.79 Å². The Morgan fingerprint density at radius 3 is 3.00 bits per heavy atom. The quantitative estimate of drug-likeness (QED) is 0.935. The third-order valence-electron chi connectivity index (χ3n) is 3.98. The summed E-state index contributed by atoms with van der Waals surface area (Å²) in [6, 6.07) is 3.69. The summed E-state index contributed by atoms with van der Waals surface area (Å²) < 4.78 is 0. The van der Waals surface area contributed by atoms with Crippen LogP contribution in [0.25, 0.3) is 0 Å². The van der Waals surface area contributed by atoms with Crippen molar-refractivity contribution in [1.29, 1.82) is 0 Å². The third kappa shape index (κ3) is 3.24. The van der Waals surface area contributed by atoms with Gasteiger partial charge in [-0.05, 0) is 44.2 Å². The predicted octanol–water partition coefficient (Wildman–Crippen LogP) is 1.92. The molecule has 1 atom stereocenters. The van der Waals surface area contributed by atoms with E-state index in [1.54, 1.807) is 11.6 Å². The molecule has 1 saturated heterocycles. The van der Waals surface area contributed by atoms with Crippen LogP contribution < -0.4 is 5.73 Å². The summed E-state index contributed by atoms with van der Waals surface area (Å²) in [6.45, 7) is 3.47. The van der Waals surface area contributed by atoms with Crippen LogP contribution in [0.1, 0.15) is 33.9 Å². The maximum absolute atomic E-state index is 12.6. The normalized spacial score (nSPS) is 18.4. The van der Waals surface area contributed by atoms with Gasteiger partial charge in [-0.1, -0.05) is 0 Å². The molecule has 0 bridgehead atoms. The molecule has 0 aliphatic carbocycles. The number of carbonyl (C=O) groups is 1. The van der Waals surface area contributed by atoms with Crippen LogP contribution in [0.15, 0.2) is 17.6 Å². The maximum atomic E-state index is 12.6. The van der Waals surface area contributed by atoms with E-state index < -0.39 is 0 Å². The van der Waals surface area contributed by atoms with E-state index >= 15 is 0 Å². The number of rotatable bonds is 3. The fourth-order valence-electron chi connectivity index (χ4n) is 2.84. The first-order valence-electron chi connectivity index (χ1n) is 7.41. The summed E-state index contributed by atoms with van der Waals surface area (Å²) in [7, 11) is 0. The highest BCUT2D eigenvalue weighted by molar-refractivity contribution is 7.11. The Hall–Kier alpha value is -2.02. The Morgan fingerprint density at radius 2 is 2.32 bits per heavy atom. The molecule has 3 heterocycles. The molecule has 0 unspecified atom stereocenters. The Morgan fingerprint density at radius 1 is 1.45 bits per heavy atom. The van der Waals surface area contributed by atoms with Crippen LogP contribution in [0.3, 0.4) is 0 Å². The first-order valence-corrected chi connectivity index (χ1v) is 8.29. The molecule has 1 aliphatic heterocycles. The highest BCUT2D eigenvalue weighted by atomic mass is 32.1. The van der Waals surface area contributed by atoms with Gasteiger partial charge in [0.15, 0.2) is 0 Å². The van der Waals surface area contributed by atoms with Gasteiger partial charge in [-0.25, -0.2) is 4.98 Å². The molecule has 0 radical (unpaired) electrons. The molecule has 0 spiro atoms. The highest BCUT2D eigenvalue weighted by Gasteiger charge is 2.26. The molecule has 2 aromatic rings. The second-order valence-electron chi connectivity index (χ2n) is 5.68. The van der Waals surface area contributed by atoms with Gasteiger partial charge in [-0.15, -0.1) is 16.4 Å². The number of hydrogen-bond donors (Lipinski definition) is 1. The first kappa shape index (κ1) is 14.9. The number of thiazole rings is 1. The lowest BCUT2D eigenvalue weighted by atomic mass is 9.93. The summed E-state index contributed by atoms with van der Waals surface area (Å²) >= 11 is 1.42. The average molecular weight is 317 g/mol. The molecule has 116 valence electrons. The number of piperidine rings is 1. The van der Waals surface area contributed by atoms with Crippen LogP contribution in [-0.2, 0) is 6.42 Å². The van der Waals surface area contributed by atoms with Crippen molar-refractivity contribution >= 4 is 23.1 Å². The number of hydrogen-bond acceptors (Lipinski definition) is 6. The second kappa shape index (κ2) is 6.39. The topological polar surface area (TPSA) is 85.0 Å². The first-order chi connectivity index (χ1) is 10.6. The van der Waals surface area contributed by atoms with Crippen LogP contribution in [0, 0.1) is 12.8 Å². The summed E-state index contributed by atoms with van der Waals surface area (Å²) in [5.41, 5.74) is 9.04. The van der Waals surface area contributed by atoms with Crippen LogP contribution >= 0.6 is 11.3 Å². The minimum atomic E-state index is 0.105. The Labute approximate surface area is 133 Å². The van der Waals surface area contributed by atoms with Crippen molar-refractivity contribution in [2.75, 3.05) is 18.8 Å². The number of nitrogen functional groups attached to an aromatic ring is 1. The van der Waals surface area contributed by atoms with Crippen LogP contribution in [0.5, 0.6) is 0 Å². The number of aromatic nitrogens is 3. The molecule has 2 aromatic heterocycles. The van der Waals surface area contributed by atoms with E-state index in [2.05, 4.69) is 15.2 Å². The molecule has 1 fully saturated rings. The Kier molecular flexibility index (Phi) is 4.33. The van der Waals surface area contributed by atoms with E-state index in [0.29, 0.717) is 11.7 Å². The number of aryl methyl sites for hydroxylation is 1. The average Bonchev–Trinajstić information content (AvgIpc) is 2.95. The molecule has 22 heavy (non-hydrogen) atoms. The van der Waals surface area contributed by atoms with Gasteiger partial charge in [0, 0.05) is 13.1 Å². The molecule has 0 saturated carbocycles. The van der Waals surface area contributed by atoms with Gasteiger partial charge in [0.2, 0.25) is 0 Å². The molecule has 0 aromatic carbocycles. The molecular weight excluding hydrogens is 298 g/mol. The van der Waals surface area contributed by atoms with Crippen LogP contribution in [0.2, 0.25) is 0 Å². The van der Waals surface area contributed by atoms with E-state index in [4.69, 9.17) is 5.73 Å². The van der Waals surface area contributed by atoms with Crippen molar-refractivity contribution in [3.63, 3.8) is 0 Å². The lowest BCUT2D eigenvalue weighted by Crippen LogP contribution is -2.40. The van der Waals surface area contributed by atoms with E-state index in [0.717, 1.165) is 48.6 Å². The minimum Gasteiger partial charge on any atom is -0.382 e. The van der Waals surface area contributed by atoms with Crippen LogP contribution in [-0.4, -0.2) is 39.1 Å². The smallest absolute Gasteiger partial charge is 0.265 e. The second-order valence-corrected chi connectivity index (χ2v) is 6.53. The Balaban J connectivity index is 1.65. The summed E-state index contributed by atoms with van der Waals surface area (Å²) in [5, 5.41) is 8.01. The van der Waals surface area contributed by atoms with Crippen molar-refractivity contribution in [1.82, 2.24) is 20.1 Å². The standard InChI is InChI=1S/C15H19N5OS/c1-10-14(22-9-17-10)15(21)20-6-2-3-11(8-20)7-12-4-5-13(16)19-18-12/h4-5,9,11H,2-3,6-8H2,1H3,(H2,16,19)/t11-/m0/s1. The number of carbonyl (C=O) groups excluding carboxylic acids is 1. The zero-order valence-electron chi connectivity index (χ0n) is 12.5. The number of nitrogens with zero attached hydrogens (tertiary/aromatic N) is 4. The van der Waals surface area contributed by atoms with E-state index in [1.165, 1.54) is 11.3 Å². The monoisotopic (exact) mass is 317 g/mol. The lowest BCUT2D eigenvalue weighted by Gasteiger charge is -2.32. The SMILES string of the molecule is Cc1ncsc1C(=O)N1CCC[C@@H](Cc2ccc(N)nn2)C1. The molecular formula is C15H19N5OS. The van der Waals surface area contributed by atoms with Crippen molar-refractivity contribution in [2.24, 2.45) is 5.92 Å². The van der Waals surface area contributed by atoms with Gasteiger partial charge in [-0.3, -0.25) is 4.79 Å². The summed E-state index contributed by atoms with van der Waals surface area (Å²) in [4.78, 5) is 19.4. The van der Waals surface area contributed by atoms with Gasteiger partial charge in [0.25, 0.3) is 5.91 Å². The largest absolute Gasteiger partial charge is 0.382 e. The molecule has 1 amide bonds. The number of amides is 1. The van der Waals surface area contributed by atoms with E-state index in [-0.39, 0.29) is 5.91 Å². The van der Waals surface area contributed by atoms with Gasteiger partial charge in [0.1, 0.15) is 10.7 Å². The van der Waals surface area contributed by atoms with Gasteiger partial charge < -0.3 is 10.6 Å². The molecule has 1 aliphatic rings. The fourth-order valence-corrected chi connectivity index (χ4v) is 3.61. The summed E-state index contributed by atoms with van der Waals surface area (Å²) in [6.07, 6.45) is 2.97. The molecule has 7 heteroatoms. The number of anilines is 1. The van der Waals surface area contributed by atoms with Gasteiger partial charge in [0.05, 0.1) is 16.9 Å². The summed E-state index contributed by atoms with van der Waals surface area (Å²) in [5.74, 6) is 0.960.